The largest absolute Gasteiger partial charge is 0.490 e. The minimum Gasteiger partial charge on any atom is -0.490 e. The van der Waals surface area contributed by atoms with E-state index >= 15 is 0 Å². The van der Waals surface area contributed by atoms with Crippen LogP contribution in [0.4, 0.5) is 5.69 Å². The molecule has 0 bridgehead atoms. The highest BCUT2D eigenvalue weighted by atomic mass is 16.5. The van der Waals surface area contributed by atoms with Gasteiger partial charge in [-0.15, -0.1) is 0 Å². The number of rotatable bonds is 8. The lowest BCUT2D eigenvalue weighted by atomic mass is 10.1. The fourth-order valence-electron chi connectivity index (χ4n) is 1.47. The van der Waals surface area contributed by atoms with Crippen molar-refractivity contribution in [3.63, 3.8) is 0 Å². The molecule has 5 heteroatoms. The molecule has 0 unspecified atom stereocenters. The van der Waals surface area contributed by atoms with Crippen molar-refractivity contribution < 1.29 is 19.4 Å². The van der Waals surface area contributed by atoms with Crippen molar-refractivity contribution in [1.29, 1.82) is 0 Å². The maximum absolute atomic E-state index is 11.0. The van der Waals surface area contributed by atoms with Crippen LogP contribution in [0.5, 0.6) is 5.75 Å². The molecule has 0 fully saturated rings. The predicted octanol–water partition coefficient (Wildman–Crippen LogP) is 2.41. The van der Waals surface area contributed by atoms with Crippen LogP contribution < -0.4 is 10.5 Å². The lowest BCUT2D eigenvalue weighted by Gasteiger charge is -2.10. The average molecular weight is 267 g/mol. The van der Waals surface area contributed by atoms with Crippen LogP contribution in [-0.2, 0) is 4.74 Å². The first-order valence-electron chi connectivity index (χ1n) is 6.34. The van der Waals surface area contributed by atoms with Crippen molar-refractivity contribution in [2.75, 3.05) is 25.6 Å². The van der Waals surface area contributed by atoms with Gasteiger partial charge >= 0.3 is 5.97 Å². The normalized spacial score (nSPS) is 10.7. The van der Waals surface area contributed by atoms with E-state index in [9.17, 15) is 4.79 Å². The lowest BCUT2D eigenvalue weighted by molar-refractivity contribution is 0.0683. The number of nitrogens with two attached hydrogens (primary N) is 1. The third kappa shape index (κ3) is 5.61. The van der Waals surface area contributed by atoms with Crippen LogP contribution >= 0.6 is 0 Å². The highest BCUT2D eigenvalue weighted by Crippen LogP contribution is 2.21. The Hall–Kier alpha value is -1.75. The zero-order chi connectivity index (χ0) is 14.3. The molecular formula is C14H21NO4. The molecule has 1 aromatic rings. The van der Waals surface area contributed by atoms with E-state index in [1.54, 1.807) is 12.1 Å². The molecule has 5 nitrogen and oxygen atoms in total. The van der Waals surface area contributed by atoms with Crippen LogP contribution in [0.15, 0.2) is 18.2 Å². The topological polar surface area (TPSA) is 81.8 Å². The molecule has 0 saturated carbocycles. The molecule has 0 aliphatic rings. The van der Waals surface area contributed by atoms with E-state index in [0.29, 0.717) is 37.2 Å². The monoisotopic (exact) mass is 267 g/mol. The summed E-state index contributed by atoms with van der Waals surface area (Å²) in [6.07, 6.45) is 1.00. The van der Waals surface area contributed by atoms with Crippen molar-refractivity contribution in [3.05, 3.63) is 23.8 Å². The van der Waals surface area contributed by atoms with E-state index in [-0.39, 0.29) is 5.56 Å². The van der Waals surface area contributed by atoms with Crippen LogP contribution in [-0.4, -0.2) is 30.9 Å². The Labute approximate surface area is 113 Å². The van der Waals surface area contributed by atoms with E-state index in [4.69, 9.17) is 20.3 Å². The molecule has 0 aliphatic carbocycles. The molecule has 1 aromatic carbocycles. The maximum atomic E-state index is 11.0. The predicted molar refractivity (Wildman–Crippen MR) is 73.6 cm³/mol. The van der Waals surface area contributed by atoms with Gasteiger partial charge in [0.2, 0.25) is 0 Å². The second kappa shape index (κ2) is 7.63. The number of carboxylic acid groups (broad SMARTS) is 1. The van der Waals surface area contributed by atoms with Gasteiger partial charge in [-0.3, -0.25) is 0 Å². The number of ether oxygens (including phenoxy) is 2. The Kier molecular flexibility index (Phi) is 6.15. The molecule has 3 N–H and O–H groups in total. The van der Waals surface area contributed by atoms with Crippen molar-refractivity contribution in [2.24, 2.45) is 5.92 Å². The highest BCUT2D eigenvalue weighted by Gasteiger charge is 2.11. The van der Waals surface area contributed by atoms with Crippen molar-refractivity contribution in [2.45, 2.75) is 20.3 Å². The van der Waals surface area contributed by atoms with Gasteiger partial charge in [0.05, 0.1) is 6.61 Å². The zero-order valence-corrected chi connectivity index (χ0v) is 11.4. The molecule has 0 heterocycles. The Bertz CT molecular complexity index is 418. The van der Waals surface area contributed by atoms with Crippen LogP contribution in [0.1, 0.15) is 30.6 Å². The Morgan fingerprint density at radius 2 is 2.05 bits per heavy atom. The fraction of sp³-hybridized carbons (Fsp3) is 0.500. The molecule has 0 aromatic heterocycles. The lowest BCUT2D eigenvalue weighted by Crippen LogP contribution is -2.11. The summed E-state index contributed by atoms with van der Waals surface area (Å²) < 4.78 is 10.8. The smallest absolute Gasteiger partial charge is 0.339 e. The first-order valence-corrected chi connectivity index (χ1v) is 6.34. The van der Waals surface area contributed by atoms with E-state index < -0.39 is 5.97 Å². The number of nitrogen functional groups attached to an aromatic ring is 1. The van der Waals surface area contributed by atoms with Gasteiger partial charge < -0.3 is 20.3 Å². The Morgan fingerprint density at radius 3 is 2.68 bits per heavy atom. The molecule has 106 valence electrons. The van der Waals surface area contributed by atoms with Crippen LogP contribution in [0, 0.1) is 5.92 Å². The average Bonchev–Trinajstić information content (AvgIpc) is 2.34. The quantitative estimate of drug-likeness (QED) is 0.558. The van der Waals surface area contributed by atoms with E-state index in [1.807, 2.05) is 0 Å². The Balaban J connectivity index is 2.39. The standard InChI is InChI=1S/C14H21NO4/c1-10(2)5-6-18-7-8-19-13-4-3-11(15)9-12(13)14(16)17/h3-4,9-10H,5-8,15H2,1-2H3,(H,16,17). The van der Waals surface area contributed by atoms with Gasteiger partial charge in [0.1, 0.15) is 17.9 Å². The van der Waals surface area contributed by atoms with Gasteiger partial charge in [0.25, 0.3) is 0 Å². The number of aromatic carboxylic acids is 1. The second-order valence-corrected chi connectivity index (χ2v) is 4.70. The van der Waals surface area contributed by atoms with Gasteiger partial charge in [-0.25, -0.2) is 4.79 Å². The SMILES string of the molecule is CC(C)CCOCCOc1ccc(N)cc1C(=O)O. The maximum Gasteiger partial charge on any atom is 0.339 e. The number of anilines is 1. The molecule has 0 radical (unpaired) electrons. The van der Waals surface area contributed by atoms with Gasteiger partial charge in [0.15, 0.2) is 0 Å². The van der Waals surface area contributed by atoms with E-state index in [2.05, 4.69) is 13.8 Å². The summed E-state index contributed by atoms with van der Waals surface area (Å²) in [5.41, 5.74) is 6.02. The number of hydrogen-bond acceptors (Lipinski definition) is 4. The molecule has 0 spiro atoms. The molecule has 0 saturated heterocycles. The second-order valence-electron chi connectivity index (χ2n) is 4.70. The summed E-state index contributed by atoms with van der Waals surface area (Å²) in [4.78, 5) is 11.0. The fourth-order valence-corrected chi connectivity index (χ4v) is 1.47. The van der Waals surface area contributed by atoms with Crippen molar-refractivity contribution in [3.8, 4) is 5.75 Å². The summed E-state index contributed by atoms with van der Waals surface area (Å²) >= 11 is 0. The third-order valence-electron chi connectivity index (χ3n) is 2.56. The van der Waals surface area contributed by atoms with Crippen molar-refractivity contribution >= 4 is 11.7 Å². The molecule has 1 rings (SSSR count). The third-order valence-corrected chi connectivity index (χ3v) is 2.56. The Morgan fingerprint density at radius 1 is 1.32 bits per heavy atom. The number of carbonyl (C=O) groups is 1. The first kappa shape index (κ1) is 15.3. The summed E-state index contributed by atoms with van der Waals surface area (Å²) in [7, 11) is 0. The van der Waals surface area contributed by atoms with Gasteiger partial charge in [-0.2, -0.15) is 0 Å². The van der Waals surface area contributed by atoms with Crippen LogP contribution in [0.2, 0.25) is 0 Å². The summed E-state index contributed by atoms with van der Waals surface area (Å²) in [5, 5.41) is 9.03. The van der Waals surface area contributed by atoms with E-state index in [0.717, 1.165) is 6.42 Å². The molecule has 0 amide bonds. The number of benzene rings is 1. The first-order chi connectivity index (χ1) is 9.00. The van der Waals surface area contributed by atoms with Crippen LogP contribution in [0.3, 0.4) is 0 Å². The summed E-state index contributed by atoms with van der Waals surface area (Å²) in [6, 6.07) is 4.56. The number of hydrogen-bond donors (Lipinski definition) is 2. The summed E-state index contributed by atoms with van der Waals surface area (Å²) in [6.45, 7) is 5.72. The highest BCUT2D eigenvalue weighted by molar-refractivity contribution is 5.92. The molecular weight excluding hydrogens is 246 g/mol. The molecule has 19 heavy (non-hydrogen) atoms. The zero-order valence-electron chi connectivity index (χ0n) is 11.4. The van der Waals surface area contributed by atoms with E-state index in [1.165, 1.54) is 6.07 Å². The minimum atomic E-state index is -1.05. The van der Waals surface area contributed by atoms with Gasteiger partial charge in [-0.1, -0.05) is 13.8 Å². The van der Waals surface area contributed by atoms with Gasteiger partial charge in [-0.05, 0) is 30.5 Å². The summed E-state index contributed by atoms with van der Waals surface area (Å²) in [5.74, 6) is -0.131. The van der Waals surface area contributed by atoms with Crippen molar-refractivity contribution in [1.82, 2.24) is 0 Å². The minimum absolute atomic E-state index is 0.0715. The van der Waals surface area contributed by atoms with Gasteiger partial charge in [0, 0.05) is 12.3 Å². The molecule has 0 aliphatic heterocycles. The molecule has 0 atom stereocenters. The number of carboxylic acids is 1. The van der Waals surface area contributed by atoms with Crippen LogP contribution in [0.25, 0.3) is 0 Å².